The maximum absolute atomic E-state index is 12.3. The number of rotatable bonds is 2. The Kier molecular flexibility index (Phi) is 5.04. The van der Waals surface area contributed by atoms with E-state index >= 15 is 0 Å². The average Bonchev–Trinajstić information content (AvgIpc) is 2.50. The van der Waals surface area contributed by atoms with Gasteiger partial charge in [0.1, 0.15) is 5.78 Å². The second kappa shape index (κ2) is 6.98. The van der Waals surface area contributed by atoms with Gasteiger partial charge in [0.15, 0.2) is 0 Å². The molecule has 0 heterocycles. The van der Waals surface area contributed by atoms with Crippen LogP contribution in [0.2, 0.25) is 0 Å². The number of benzene rings is 1. The maximum atomic E-state index is 12.3. The van der Waals surface area contributed by atoms with E-state index in [1.165, 1.54) is 17.3 Å². The predicted octanol–water partition coefficient (Wildman–Crippen LogP) is 4.13. The molecule has 1 aromatic rings. The molecule has 0 aromatic heterocycles. The fourth-order valence-electron chi connectivity index (χ4n) is 2.62. The maximum Gasteiger partial charge on any atom is 0.141 e. The molecule has 0 atom stereocenters. The van der Waals surface area contributed by atoms with Gasteiger partial charge in [0.2, 0.25) is 0 Å². The number of ketones is 1. The number of carbonyl (C=O) groups is 1. The van der Waals surface area contributed by atoms with Crippen LogP contribution in [-0.2, 0) is 17.6 Å². The number of allylic oxidation sites excluding steroid dienone is 5. The van der Waals surface area contributed by atoms with Crippen LogP contribution in [0.4, 0.5) is 0 Å². The van der Waals surface area contributed by atoms with Crippen LogP contribution in [0.3, 0.4) is 0 Å². The van der Waals surface area contributed by atoms with Gasteiger partial charge in [-0.2, -0.15) is 0 Å². The fraction of sp³-hybridized carbons (Fsp3) is 0.263. The molecule has 2 rings (SSSR count). The molecule has 0 aliphatic heterocycles. The van der Waals surface area contributed by atoms with Gasteiger partial charge < -0.3 is 5.41 Å². The van der Waals surface area contributed by atoms with Crippen LogP contribution in [-0.4, -0.2) is 12.0 Å². The zero-order valence-electron chi connectivity index (χ0n) is 12.5. The van der Waals surface area contributed by atoms with Crippen molar-refractivity contribution in [2.24, 2.45) is 0 Å². The number of hydrogen-bond donors (Lipinski definition) is 1. The van der Waals surface area contributed by atoms with E-state index in [1.54, 1.807) is 12.2 Å². The Morgan fingerprint density at radius 2 is 1.95 bits per heavy atom. The molecule has 0 radical (unpaired) electrons. The van der Waals surface area contributed by atoms with Crippen LogP contribution in [0, 0.1) is 12.3 Å². The quantitative estimate of drug-likeness (QED) is 0.812. The van der Waals surface area contributed by atoms with Crippen LogP contribution >= 0.6 is 0 Å². The lowest BCUT2D eigenvalue weighted by atomic mass is 9.96. The summed E-state index contributed by atoms with van der Waals surface area (Å²) in [7, 11) is 0. The van der Waals surface area contributed by atoms with Crippen LogP contribution in [0.1, 0.15) is 29.5 Å². The zero-order valence-corrected chi connectivity index (χ0v) is 12.5. The van der Waals surface area contributed by atoms with Gasteiger partial charge in [-0.3, -0.25) is 4.79 Å². The Hall–Kier alpha value is -2.22. The lowest BCUT2D eigenvalue weighted by molar-refractivity contribution is -0.117. The van der Waals surface area contributed by atoms with Crippen molar-refractivity contribution in [3.63, 3.8) is 0 Å². The summed E-state index contributed by atoms with van der Waals surface area (Å²) >= 11 is 0. The molecule has 108 valence electrons. The SMILES string of the molecule is C=C1CCc2cc(C)ccc2CC(=O)C/C1=C\C=C/C=N. The van der Waals surface area contributed by atoms with Crippen molar-refractivity contribution in [3.05, 3.63) is 70.8 Å². The van der Waals surface area contributed by atoms with Crippen molar-refractivity contribution in [1.82, 2.24) is 0 Å². The molecular formula is C19H21NO. The summed E-state index contributed by atoms with van der Waals surface area (Å²) in [5, 5.41) is 7.00. The number of nitrogens with one attached hydrogen (secondary N) is 1. The van der Waals surface area contributed by atoms with Crippen molar-refractivity contribution in [2.45, 2.75) is 32.6 Å². The molecule has 2 heteroatoms. The summed E-state index contributed by atoms with van der Waals surface area (Å²) in [6.45, 7) is 6.22. The molecule has 2 nitrogen and oxygen atoms in total. The normalized spacial score (nSPS) is 18.2. The minimum absolute atomic E-state index is 0.220. The number of Topliss-reactive ketones (excluding diaryl/α,β-unsaturated/α-hetero) is 1. The molecule has 0 amide bonds. The Bertz CT molecular complexity index is 635. The highest BCUT2D eigenvalue weighted by Crippen LogP contribution is 2.25. The Morgan fingerprint density at radius 3 is 2.71 bits per heavy atom. The fourth-order valence-corrected chi connectivity index (χ4v) is 2.62. The van der Waals surface area contributed by atoms with Gasteiger partial charge in [-0.25, -0.2) is 0 Å². The lowest BCUT2D eigenvalue weighted by Crippen LogP contribution is -2.05. The first-order chi connectivity index (χ1) is 10.1. The van der Waals surface area contributed by atoms with Gasteiger partial charge in [0.25, 0.3) is 0 Å². The number of aryl methyl sites for hydroxylation is 2. The van der Waals surface area contributed by atoms with Gasteiger partial charge >= 0.3 is 0 Å². The van der Waals surface area contributed by atoms with Gasteiger partial charge in [-0.05, 0) is 42.5 Å². The molecule has 0 saturated carbocycles. The molecule has 21 heavy (non-hydrogen) atoms. The Morgan fingerprint density at radius 1 is 1.14 bits per heavy atom. The first-order valence-electron chi connectivity index (χ1n) is 7.24. The molecule has 1 N–H and O–H groups in total. The van der Waals surface area contributed by atoms with E-state index in [0.717, 1.165) is 29.6 Å². The van der Waals surface area contributed by atoms with Gasteiger partial charge in [0, 0.05) is 19.1 Å². The molecular weight excluding hydrogens is 258 g/mol. The molecule has 1 aliphatic rings. The van der Waals surface area contributed by atoms with Crippen LogP contribution in [0.5, 0.6) is 0 Å². The smallest absolute Gasteiger partial charge is 0.141 e. The zero-order chi connectivity index (χ0) is 15.2. The minimum atomic E-state index is 0.220. The van der Waals surface area contributed by atoms with E-state index in [4.69, 9.17) is 5.41 Å². The van der Waals surface area contributed by atoms with E-state index in [1.807, 2.05) is 6.08 Å². The summed E-state index contributed by atoms with van der Waals surface area (Å²) in [6.07, 6.45) is 9.30. The summed E-state index contributed by atoms with van der Waals surface area (Å²) in [6, 6.07) is 6.33. The highest BCUT2D eigenvalue weighted by atomic mass is 16.1. The third kappa shape index (κ3) is 4.12. The number of hydrogen-bond acceptors (Lipinski definition) is 2. The first-order valence-corrected chi connectivity index (χ1v) is 7.24. The molecule has 0 unspecified atom stereocenters. The second-order valence-corrected chi connectivity index (χ2v) is 5.51. The third-order valence-electron chi connectivity index (χ3n) is 3.79. The molecule has 0 bridgehead atoms. The van der Waals surface area contributed by atoms with Crippen LogP contribution in [0.25, 0.3) is 0 Å². The van der Waals surface area contributed by atoms with Gasteiger partial charge in [-0.1, -0.05) is 48.1 Å². The standard InChI is InChI=1S/C19H21NO/c1-14-6-8-18-13-19(21)12-16(5-3-4-10-20)15(2)7-9-17(18)11-14/h3-6,8,10-11,20H,2,7,9,12-13H2,1H3/b4-3-,16-5+,20-10?. The molecule has 0 spiro atoms. The Balaban J connectivity index is 2.30. The summed E-state index contributed by atoms with van der Waals surface area (Å²) in [5.74, 6) is 0.220. The topological polar surface area (TPSA) is 40.9 Å². The highest BCUT2D eigenvalue weighted by Gasteiger charge is 2.15. The number of fused-ring (bicyclic) bond motifs is 1. The summed E-state index contributed by atoms with van der Waals surface area (Å²) < 4.78 is 0. The predicted molar refractivity (Wildman–Crippen MR) is 88.0 cm³/mol. The van der Waals surface area contributed by atoms with Gasteiger partial charge in [0.05, 0.1) is 0 Å². The first kappa shape index (κ1) is 15.2. The van der Waals surface area contributed by atoms with E-state index in [2.05, 4.69) is 31.7 Å². The van der Waals surface area contributed by atoms with Crippen molar-refractivity contribution in [3.8, 4) is 0 Å². The second-order valence-electron chi connectivity index (χ2n) is 5.51. The molecule has 0 saturated heterocycles. The van der Waals surface area contributed by atoms with Crippen molar-refractivity contribution < 1.29 is 4.79 Å². The monoisotopic (exact) mass is 279 g/mol. The van der Waals surface area contributed by atoms with Crippen molar-refractivity contribution >= 4 is 12.0 Å². The van der Waals surface area contributed by atoms with E-state index < -0.39 is 0 Å². The Labute approximate surface area is 126 Å². The van der Waals surface area contributed by atoms with Crippen LogP contribution < -0.4 is 0 Å². The van der Waals surface area contributed by atoms with Crippen LogP contribution in [0.15, 0.2) is 54.2 Å². The highest BCUT2D eigenvalue weighted by molar-refractivity contribution is 5.84. The molecule has 0 fully saturated rings. The molecule has 1 aliphatic carbocycles. The average molecular weight is 279 g/mol. The summed E-state index contributed by atoms with van der Waals surface area (Å²) in [5.41, 5.74) is 5.65. The lowest BCUT2D eigenvalue weighted by Gasteiger charge is -2.09. The van der Waals surface area contributed by atoms with E-state index in [0.29, 0.717) is 12.8 Å². The van der Waals surface area contributed by atoms with Crippen molar-refractivity contribution in [1.29, 1.82) is 5.41 Å². The minimum Gasteiger partial charge on any atom is -0.309 e. The number of carbonyl (C=O) groups excluding carboxylic acids is 1. The van der Waals surface area contributed by atoms with Gasteiger partial charge in [-0.15, -0.1) is 0 Å². The summed E-state index contributed by atoms with van der Waals surface area (Å²) in [4.78, 5) is 12.3. The largest absolute Gasteiger partial charge is 0.309 e. The molecule has 1 aromatic carbocycles. The van der Waals surface area contributed by atoms with E-state index in [-0.39, 0.29) is 5.78 Å². The van der Waals surface area contributed by atoms with Crippen molar-refractivity contribution in [2.75, 3.05) is 0 Å². The third-order valence-corrected chi connectivity index (χ3v) is 3.79. The van der Waals surface area contributed by atoms with E-state index in [9.17, 15) is 4.79 Å².